The molecule has 13 rings (SSSR count). The van der Waals surface area contributed by atoms with Crippen molar-refractivity contribution in [3.8, 4) is 18.0 Å². The number of hydrogen-bond donors (Lipinski definition) is 7. The monoisotopic (exact) mass is 1210 g/mol. The summed E-state index contributed by atoms with van der Waals surface area (Å²) in [6.07, 6.45) is 16.1. The Labute approximate surface area is 514 Å². The number of nitrogens with zero attached hydrogens (tertiary/aromatic N) is 9. The van der Waals surface area contributed by atoms with Crippen LogP contribution in [-0.2, 0) is 11.8 Å². The molecule has 0 radical (unpaired) electrons. The number of hydrogen-bond acceptors (Lipinski definition) is 22. The molecule has 8 atom stereocenters. The number of anilines is 5. The van der Waals surface area contributed by atoms with Gasteiger partial charge in [0.2, 0.25) is 23.3 Å². The van der Waals surface area contributed by atoms with E-state index in [4.69, 9.17) is 58.1 Å². The van der Waals surface area contributed by atoms with Crippen molar-refractivity contribution >= 4 is 61.6 Å². The highest BCUT2D eigenvalue weighted by atomic mass is 32.1. The Bertz CT molecular complexity index is 3420. The number of fused-ring (bicyclic) bond motifs is 3. The third-order valence-corrected chi connectivity index (χ3v) is 23.7. The molecule has 86 heavy (non-hydrogen) atoms. The summed E-state index contributed by atoms with van der Waals surface area (Å²) in [4.78, 5) is 62.3. The molecule has 4 saturated heterocycles. The zero-order chi connectivity index (χ0) is 60.0. The Balaban J connectivity index is 0.829. The molecule has 2 unspecified atom stereocenters. The van der Waals surface area contributed by atoms with Crippen LogP contribution in [0.1, 0.15) is 196 Å². The number of piperazine rings is 2. The van der Waals surface area contributed by atoms with Crippen LogP contribution in [-0.4, -0.2) is 143 Å². The number of thiophene rings is 2. The lowest BCUT2D eigenvalue weighted by Gasteiger charge is -2.54. The molecule has 12 N–H and O–H groups in total. The van der Waals surface area contributed by atoms with Crippen molar-refractivity contribution in [2.24, 2.45) is 11.5 Å². The Morgan fingerprint density at radius 3 is 2.19 bits per heavy atom. The van der Waals surface area contributed by atoms with Crippen LogP contribution >= 0.6 is 22.7 Å². The summed E-state index contributed by atoms with van der Waals surface area (Å²) >= 11 is 3.01. The number of rotatable bonds is 16. The number of nitrogen functional groups attached to an aromatic ring is 3. The summed E-state index contributed by atoms with van der Waals surface area (Å²) in [5, 5.41) is 19.3. The van der Waals surface area contributed by atoms with Gasteiger partial charge in [-0.15, -0.1) is 22.7 Å². The molecule has 4 aromatic rings. The fourth-order valence-electron chi connectivity index (χ4n) is 16.6. The van der Waals surface area contributed by atoms with Gasteiger partial charge < -0.3 is 58.6 Å². The lowest BCUT2D eigenvalue weighted by Crippen LogP contribution is -2.69. The molecular weight excluding hydrogens is 1120 g/mol. The van der Waals surface area contributed by atoms with Crippen LogP contribution in [0.25, 0.3) is 0 Å². The molecule has 4 aromatic heterocycles. The molecular formula is C64H88N16O4S2. The lowest BCUT2D eigenvalue weighted by molar-refractivity contribution is 0.0995. The first-order valence-electron chi connectivity index (χ1n) is 32.0. The molecule has 20 nitrogen and oxygen atoms in total. The van der Waals surface area contributed by atoms with Gasteiger partial charge in [0.15, 0.2) is 0 Å². The predicted molar refractivity (Wildman–Crippen MR) is 339 cm³/mol. The van der Waals surface area contributed by atoms with E-state index in [1.807, 2.05) is 12.1 Å². The van der Waals surface area contributed by atoms with Gasteiger partial charge in [-0.25, -0.2) is 4.98 Å². The summed E-state index contributed by atoms with van der Waals surface area (Å²) in [5.41, 5.74) is 39.7. The van der Waals surface area contributed by atoms with E-state index in [9.17, 15) is 5.26 Å². The molecule has 3 spiro atoms. The SMILES string of the molecule is CCCC(C(=O)c1cc(N2CCNC3(CC3)C2)nc(O[C@@H](C)[C@@H]2CCCN2C)n1)=C(N)[C@H]1CCC(C2CN(c3cc(O[C@@H](C)[C@@H]4CCCN4C)nc(C(=O)C4=C(N)[C@@]5(CCC4)CCCc4sc(N)c(C#N)c45)n3)CC3(CCC3)N2)c2sc(N)c(N)c21. The normalized spacial score (nSPS) is 28.0. The number of aromatic nitrogens is 4. The van der Waals surface area contributed by atoms with Crippen LogP contribution in [0, 0.1) is 11.3 Å². The Kier molecular flexibility index (Phi) is 15.8. The average molecular weight is 1210 g/mol. The van der Waals surface area contributed by atoms with E-state index in [2.05, 4.69) is 71.2 Å². The van der Waals surface area contributed by atoms with Gasteiger partial charge >= 0.3 is 6.01 Å². The number of likely N-dealkylation sites (N-methyl/N-ethyl adjacent to an activating group) is 2. The number of Topliss-reactive ketones (excluding diaryl/α,β-unsaturated/α-hetero) is 2. The molecule has 9 aliphatic rings. The van der Waals surface area contributed by atoms with Gasteiger partial charge in [0.1, 0.15) is 45.6 Å². The van der Waals surface area contributed by atoms with Crippen LogP contribution < -0.4 is 58.6 Å². The highest BCUT2D eigenvalue weighted by Gasteiger charge is 2.51. The maximum atomic E-state index is 15.4. The maximum absolute atomic E-state index is 15.4. The van der Waals surface area contributed by atoms with E-state index >= 15 is 9.59 Å². The fourth-order valence-corrected chi connectivity index (χ4v) is 19.0. The van der Waals surface area contributed by atoms with Crippen molar-refractivity contribution in [2.75, 3.05) is 86.9 Å². The summed E-state index contributed by atoms with van der Waals surface area (Å²) < 4.78 is 13.4. The third kappa shape index (κ3) is 10.6. The van der Waals surface area contributed by atoms with Crippen molar-refractivity contribution < 1.29 is 19.1 Å². The van der Waals surface area contributed by atoms with Gasteiger partial charge in [-0.3, -0.25) is 19.4 Å². The molecule has 0 bridgehead atoms. The Morgan fingerprint density at radius 2 is 1.51 bits per heavy atom. The molecule has 2 saturated carbocycles. The first-order valence-corrected chi connectivity index (χ1v) is 33.7. The van der Waals surface area contributed by atoms with Crippen LogP contribution in [0.5, 0.6) is 11.9 Å². The molecule has 22 heteroatoms. The number of ketones is 2. The third-order valence-electron chi connectivity index (χ3n) is 21.5. The Morgan fingerprint density at radius 1 is 0.802 bits per heavy atom. The first kappa shape index (κ1) is 58.9. The van der Waals surface area contributed by atoms with Crippen molar-refractivity contribution in [2.45, 2.75) is 201 Å². The van der Waals surface area contributed by atoms with Gasteiger partial charge in [0.25, 0.3) is 0 Å². The zero-order valence-electron chi connectivity index (χ0n) is 50.9. The van der Waals surface area contributed by atoms with Crippen molar-refractivity contribution in [1.29, 1.82) is 5.26 Å². The van der Waals surface area contributed by atoms with E-state index in [-0.39, 0.29) is 82.3 Å². The minimum absolute atomic E-state index is 0.00660. The summed E-state index contributed by atoms with van der Waals surface area (Å²) in [7, 11) is 4.27. The summed E-state index contributed by atoms with van der Waals surface area (Å²) in [6.45, 7) is 11.9. The topological polar surface area (TPSA) is 295 Å². The number of carbonyl (C=O) groups is 2. The van der Waals surface area contributed by atoms with E-state index in [0.717, 1.165) is 150 Å². The van der Waals surface area contributed by atoms with Gasteiger partial charge in [0, 0.05) is 129 Å². The minimum atomic E-state index is -0.660. The largest absolute Gasteiger partial charge is 0.473 e. The van der Waals surface area contributed by atoms with Crippen molar-refractivity contribution in [1.82, 2.24) is 40.4 Å². The Hall–Kier alpha value is -6.09. The van der Waals surface area contributed by atoms with E-state index in [1.54, 1.807) is 0 Å². The second-order valence-corrected chi connectivity index (χ2v) is 29.1. The van der Waals surface area contributed by atoms with Gasteiger partial charge in [-0.05, 0) is 162 Å². The smallest absolute Gasteiger partial charge is 0.319 e. The van der Waals surface area contributed by atoms with Crippen molar-refractivity contribution in [3.05, 3.63) is 72.6 Å². The maximum Gasteiger partial charge on any atom is 0.319 e. The average Bonchev–Trinajstić information content (AvgIpc) is 2.17. The van der Waals surface area contributed by atoms with Gasteiger partial charge in [0.05, 0.1) is 11.3 Å². The molecule has 6 fully saturated rings. The molecule has 0 aromatic carbocycles. The summed E-state index contributed by atoms with van der Waals surface area (Å²) in [6, 6.07) is 6.73. The minimum Gasteiger partial charge on any atom is -0.473 e. The van der Waals surface area contributed by atoms with E-state index in [1.165, 1.54) is 22.7 Å². The molecule has 4 aliphatic heterocycles. The lowest BCUT2D eigenvalue weighted by atomic mass is 9.62. The standard InChI is InChI=1S/C64H88N16O4S2/c1-6-12-39(54(81)42-29-47(79-28-25-71-62(33-79)23-24-62)74-61(72-42)84-36(3)45-15-10-27-78(45)5)52(66)38-18-17-37(56-50(38)53(67)59(70)86-56)43-32-80(34-63(76-43)19-11-20-63)48-30-49(83-35(2)44-14-9-26-77(44)4)75-60(73-48)55(82)40-13-7-21-64(57(40)68)22-8-16-46-51(64)41(31-65)58(69)85-46/h29-30,35-38,43-45,71,76H,6-28,32-34,66-70H2,1-5H3/t35-,36-,37?,38-,43?,44-,45-,64-/m0/s1. The number of aryl methyl sites for hydroxylation is 1. The molecule has 460 valence electrons. The van der Waals surface area contributed by atoms with Crippen LogP contribution in [0.3, 0.4) is 0 Å². The number of nitriles is 1. The predicted octanol–water partition coefficient (Wildman–Crippen LogP) is 7.78. The van der Waals surface area contributed by atoms with Crippen LogP contribution in [0.4, 0.5) is 27.3 Å². The molecule has 5 aliphatic carbocycles. The zero-order valence-corrected chi connectivity index (χ0v) is 52.6. The van der Waals surface area contributed by atoms with E-state index < -0.39 is 5.41 Å². The highest BCUT2D eigenvalue weighted by molar-refractivity contribution is 7.17. The number of likely N-dealkylation sites (tertiary alicyclic amines) is 2. The van der Waals surface area contributed by atoms with Crippen molar-refractivity contribution in [3.63, 3.8) is 0 Å². The highest BCUT2D eigenvalue weighted by Crippen LogP contribution is 2.55. The number of nitrogens with one attached hydrogen (secondary N) is 2. The number of nitrogens with two attached hydrogens (primary N) is 5. The van der Waals surface area contributed by atoms with Gasteiger partial charge in [-0.1, -0.05) is 13.3 Å². The quantitative estimate of drug-likeness (QED) is 0.0416. The number of allylic oxidation sites excluding steroid dienone is 4. The summed E-state index contributed by atoms with van der Waals surface area (Å²) in [5.74, 6) is 0.859. The van der Waals surface area contributed by atoms with Gasteiger partial charge in [-0.2, -0.15) is 20.2 Å². The molecule has 8 heterocycles. The van der Waals surface area contributed by atoms with Crippen LogP contribution in [0.2, 0.25) is 0 Å². The molecule has 0 amide bonds. The second kappa shape index (κ2) is 23.1. The van der Waals surface area contributed by atoms with E-state index in [0.29, 0.717) is 100 Å². The number of ether oxygens (including phenoxy) is 2. The number of carbonyl (C=O) groups excluding carboxylic acids is 2. The first-order chi connectivity index (χ1) is 41.4. The van der Waals surface area contributed by atoms with Crippen LogP contribution in [0.15, 0.2) is 34.7 Å². The fraction of sp³-hybridized carbons (Fsp3) is 0.641. The second-order valence-electron chi connectivity index (χ2n) is 26.9.